The Morgan fingerprint density at radius 2 is 1.92 bits per heavy atom. The molecular formula is C18H16ClFN2O2. The number of nitrogens with one attached hydrogen (secondary N) is 1. The van der Waals surface area contributed by atoms with E-state index in [1.54, 1.807) is 38.1 Å². The SMILES string of the molecule is C[C@H](Oc1ccc(C#N)cc1Cl)C(=O)N[C@@H](C)c1ccc(F)cc1. The van der Waals surface area contributed by atoms with E-state index in [1.165, 1.54) is 18.2 Å². The summed E-state index contributed by atoms with van der Waals surface area (Å²) in [5, 5.41) is 11.9. The number of amides is 1. The van der Waals surface area contributed by atoms with Crippen LogP contribution in [-0.4, -0.2) is 12.0 Å². The fourth-order valence-corrected chi connectivity index (χ4v) is 2.30. The predicted molar refractivity (Wildman–Crippen MR) is 89.2 cm³/mol. The van der Waals surface area contributed by atoms with E-state index in [0.717, 1.165) is 5.56 Å². The van der Waals surface area contributed by atoms with Crippen molar-refractivity contribution in [2.45, 2.75) is 26.0 Å². The number of rotatable bonds is 5. The first-order valence-corrected chi connectivity index (χ1v) is 7.70. The molecule has 4 nitrogen and oxygen atoms in total. The minimum Gasteiger partial charge on any atom is -0.479 e. The summed E-state index contributed by atoms with van der Waals surface area (Å²) in [4.78, 5) is 12.2. The zero-order chi connectivity index (χ0) is 17.7. The monoisotopic (exact) mass is 346 g/mol. The van der Waals surface area contributed by atoms with Gasteiger partial charge in [-0.2, -0.15) is 5.26 Å². The van der Waals surface area contributed by atoms with E-state index in [2.05, 4.69) is 5.32 Å². The van der Waals surface area contributed by atoms with Crippen LogP contribution < -0.4 is 10.1 Å². The summed E-state index contributed by atoms with van der Waals surface area (Å²) in [6.45, 7) is 3.40. The molecule has 2 aromatic rings. The van der Waals surface area contributed by atoms with Crippen LogP contribution in [0.25, 0.3) is 0 Å². The van der Waals surface area contributed by atoms with Gasteiger partial charge in [0.05, 0.1) is 22.7 Å². The molecule has 1 N–H and O–H groups in total. The van der Waals surface area contributed by atoms with E-state index in [-0.39, 0.29) is 22.8 Å². The molecule has 2 rings (SSSR count). The number of nitriles is 1. The zero-order valence-corrected chi connectivity index (χ0v) is 14.0. The molecule has 2 aromatic carbocycles. The van der Waals surface area contributed by atoms with Crippen LogP contribution in [0.1, 0.15) is 31.0 Å². The van der Waals surface area contributed by atoms with Gasteiger partial charge in [-0.15, -0.1) is 0 Å². The summed E-state index contributed by atoms with van der Waals surface area (Å²) in [6.07, 6.45) is -0.779. The topological polar surface area (TPSA) is 62.1 Å². The van der Waals surface area contributed by atoms with E-state index in [1.807, 2.05) is 6.07 Å². The predicted octanol–water partition coefficient (Wildman–Crippen LogP) is 4.00. The highest BCUT2D eigenvalue weighted by atomic mass is 35.5. The lowest BCUT2D eigenvalue weighted by Crippen LogP contribution is -2.37. The number of carbonyl (C=O) groups excluding carboxylic acids is 1. The summed E-state index contributed by atoms with van der Waals surface area (Å²) < 4.78 is 18.5. The van der Waals surface area contributed by atoms with Gasteiger partial charge < -0.3 is 10.1 Å². The molecule has 0 radical (unpaired) electrons. The van der Waals surface area contributed by atoms with Gasteiger partial charge in [0.25, 0.3) is 5.91 Å². The Bertz CT molecular complexity index is 772. The molecule has 0 saturated carbocycles. The van der Waals surface area contributed by atoms with Crippen molar-refractivity contribution < 1.29 is 13.9 Å². The molecule has 0 saturated heterocycles. The van der Waals surface area contributed by atoms with Gasteiger partial charge in [0.2, 0.25) is 0 Å². The molecule has 6 heteroatoms. The van der Waals surface area contributed by atoms with Crippen LogP contribution in [0.3, 0.4) is 0 Å². The molecular weight excluding hydrogens is 331 g/mol. The van der Waals surface area contributed by atoms with Crippen LogP contribution in [0.15, 0.2) is 42.5 Å². The Balaban J connectivity index is 1.99. The molecule has 0 bridgehead atoms. The van der Waals surface area contributed by atoms with E-state index in [9.17, 15) is 9.18 Å². The minimum absolute atomic E-state index is 0.264. The van der Waals surface area contributed by atoms with Crippen molar-refractivity contribution in [3.05, 3.63) is 64.4 Å². The lowest BCUT2D eigenvalue weighted by atomic mass is 10.1. The van der Waals surface area contributed by atoms with Gasteiger partial charge in [0.1, 0.15) is 11.6 Å². The van der Waals surface area contributed by atoms with Gasteiger partial charge >= 0.3 is 0 Å². The van der Waals surface area contributed by atoms with Crippen molar-refractivity contribution in [1.82, 2.24) is 5.32 Å². The van der Waals surface area contributed by atoms with Crippen LogP contribution in [0, 0.1) is 17.1 Å². The minimum atomic E-state index is -0.779. The fourth-order valence-electron chi connectivity index (χ4n) is 2.08. The summed E-state index contributed by atoms with van der Waals surface area (Å²) in [7, 11) is 0. The van der Waals surface area contributed by atoms with Gasteiger partial charge in [-0.25, -0.2) is 4.39 Å². The lowest BCUT2D eigenvalue weighted by Gasteiger charge is -2.19. The van der Waals surface area contributed by atoms with E-state index in [4.69, 9.17) is 21.6 Å². The van der Waals surface area contributed by atoms with Crippen LogP contribution in [0.5, 0.6) is 5.75 Å². The molecule has 2 atom stereocenters. The van der Waals surface area contributed by atoms with Gasteiger partial charge in [0.15, 0.2) is 6.10 Å². The smallest absolute Gasteiger partial charge is 0.261 e. The van der Waals surface area contributed by atoms with Gasteiger partial charge in [-0.3, -0.25) is 4.79 Å². The van der Waals surface area contributed by atoms with Crippen molar-refractivity contribution in [1.29, 1.82) is 5.26 Å². The average molecular weight is 347 g/mol. The first-order valence-electron chi connectivity index (χ1n) is 7.33. The maximum Gasteiger partial charge on any atom is 0.261 e. The summed E-state index contributed by atoms with van der Waals surface area (Å²) in [5.41, 5.74) is 1.20. The highest BCUT2D eigenvalue weighted by molar-refractivity contribution is 6.32. The van der Waals surface area contributed by atoms with Crippen LogP contribution >= 0.6 is 11.6 Å². The molecule has 1 amide bonds. The number of ether oxygens (including phenoxy) is 1. The normalized spacial score (nSPS) is 12.8. The molecule has 0 aliphatic carbocycles. The first-order chi connectivity index (χ1) is 11.4. The summed E-state index contributed by atoms with van der Waals surface area (Å²) in [5.74, 6) is -0.329. The van der Waals surface area contributed by atoms with Crippen molar-refractivity contribution in [3.8, 4) is 11.8 Å². The van der Waals surface area contributed by atoms with E-state index < -0.39 is 6.10 Å². The molecule has 0 fully saturated rings. The van der Waals surface area contributed by atoms with E-state index >= 15 is 0 Å². The Kier molecular flexibility index (Phi) is 5.78. The number of hydrogen-bond donors (Lipinski definition) is 1. The zero-order valence-electron chi connectivity index (χ0n) is 13.2. The van der Waals surface area contributed by atoms with Gasteiger partial charge in [-0.1, -0.05) is 23.7 Å². The number of halogens is 2. The summed E-state index contributed by atoms with van der Waals surface area (Å²) in [6, 6.07) is 12.2. The third-order valence-corrected chi connectivity index (χ3v) is 3.76. The fraction of sp³-hybridized carbons (Fsp3) is 0.222. The molecule has 0 spiro atoms. The Morgan fingerprint density at radius 1 is 1.25 bits per heavy atom. The molecule has 24 heavy (non-hydrogen) atoms. The quantitative estimate of drug-likeness (QED) is 0.890. The third kappa shape index (κ3) is 4.46. The lowest BCUT2D eigenvalue weighted by molar-refractivity contribution is -0.127. The number of benzene rings is 2. The second kappa shape index (κ2) is 7.80. The molecule has 0 aliphatic heterocycles. The molecule has 124 valence electrons. The highest BCUT2D eigenvalue weighted by Gasteiger charge is 2.19. The van der Waals surface area contributed by atoms with Crippen LogP contribution in [0.2, 0.25) is 5.02 Å². The Labute approximate surface area is 144 Å². The van der Waals surface area contributed by atoms with Crippen molar-refractivity contribution in [2.75, 3.05) is 0 Å². The van der Waals surface area contributed by atoms with Gasteiger partial charge in [-0.05, 0) is 49.7 Å². The van der Waals surface area contributed by atoms with Crippen molar-refractivity contribution >= 4 is 17.5 Å². The van der Waals surface area contributed by atoms with E-state index in [0.29, 0.717) is 11.3 Å². The van der Waals surface area contributed by atoms with Crippen LogP contribution in [0.4, 0.5) is 4.39 Å². The average Bonchev–Trinajstić information content (AvgIpc) is 2.57. The maximum atomic E-state index is 12.9. The number of hydrogen-bond acceptors (Lipinski definition) is 3. The summed E-state index contributed by atoms with van der Waals surface area (Å²) >= 11 is 6.03. The Morgan fingerprint density at radius 3 is 2.50 bits per heavy atom. The van der Waals surface area contributed by atoms with Gasteiger partial charge in [0, 0.05) is 0 Å². The largest absolute Gasteiger partial charge is 0.479 e. The molecule has 0 aromatic heterocycles. The third-order valence-electron chi connectivity index (χ3n) is 3.46. The Hall–Kier alpha value is -2.58. The van der Waals surface area contributed by atoms with Crippen LogP contribution in [-0.2, 0) is 4.79 Å². The number of nitrogens with zero attached hydrogens (tertiary/aromatic N) is 1. The molecule has 0 heterocycles. The van der Waals surface area contributed by atoms with Crippen molar-refractivity contribution in [3.63, 3.8) is 0 Å². The highest BCUT2D eigenvalue weighted by Crippen LogP contribution is 2.26. The second-order valence-electron chi connectivity index (χ2n) is 5.30. The molecule has 0 unspecified atom stereocenters. The maximum absolute atomic E-state index is 12.9. The second-order valence-corrected chi connectivity index (χ2v) is 5.71. The first kappa shape index (κ1) is 17.8. The number of carbonyl (C=O) groups is 1. The van der Waals surface area contributed by atoms with Crippen molar-refractivity contribution in [2.24, 2.45) is 0 Å². The standard InChI is InChI=1S/C18H16ClFN2O2/c1-11(14-4-6-15(20)7-5-14)22-18(23)12(2)24-17-8-3-13(10-21)9-16(17)19/h3-9,11-12H,1-2H3,(H,22,23)/t11-,12-/m0/s1. The molecule has 0 aliphatic rings.